The number of para-hydroxylation sites is 1. The summed E-state index contributed by atoms with van der Waals surface area (Å²) in [5.74, 6) is -0.880. The highest BCUT2D eigenvalue weighted by atomic mass is 32.2. The van der Waals surface area contributed by atoms with Gasteiger partial charge in [-0.15, -0.1) is 11.3 Å². The standard InChI is InChI=1S/C27H32N4O6S2/c1-17-14-31(18(2)16-32)27(34)21-6-5-7-22(24(21)37-23(17)15-30(3)39(4,35)36)29-25(33)19-8-10-20(11-9-19)26-28-12-13-38-26/h5-13,17-18,23,32H,14-16H2,1-4H3,(H,29,33)/t17-,18+,23+/m1/s1. The van der Waals surface area contributed by atoms with Crippen LogP contribution in [0.15, 0.2) is 54.0 Å². The van der Waals surface area contributed by atoms with Gasteiger partial charge in [-0.05, 0) is 31.2 Å². The number of benzene rings is 2. The molecule has 4 rings (SSSR count). The third-order valence-electron chi connectivity index (χ3n) is 6.77. The summed E-state index contributed by atoms with van der Waals surface area (Å²) in [6.45, 7) is 3.66. The number of fused-ring (bicyclic) bond motifs is 1. The Morgan fingerprint density at radius 3 is 2.62 bits per heavy atom. The first-order valence-electron chi connectivity index (χ1n) is 12.4. The van der Waals surface area contributed by atoms with E-state index in [1.807, 2.05) is 24.4 Å². The summed E-state index contributed by atoms with van der Waals surface area (Å²) >= 11 is 1.50. The van der Waals surface area contributed by atoms with Crippen molar-refractivity contribution in [2.45, 2.75) is 26.0 Å². The zero-order chi connectivity index (χ0) is 28.3. The number of nitrogens with one attached hydrogen (secondary N) is 1. The monoisotopic (exact) mass is 572 g/mol. The van der Waals surface area contributed by atoms with Gasteiger partial charge in [0.2, 0.25) is 10.0 Å². The van der Waals surface area contributed by atoms with Crippen LogP contribution in [-0.4, -0.2) is 84.7 Å². The molecule has 0 saturated carbocycles. The first-order chi connectivity index (χ1) is 18.5. The van der Waals surface area contributed by atoms with Gasteiger partial charge < -0.3 is 20.1 Å². The van der Waals surface area contributed by atoms with Gasteiger partial charge in [-0.25, -0.2) is 17.7 Å². The van der Waals surface area contributed by atoms with E-state index in [1.165, 1.54) is 22.7 Å². The first kappa shape index (κ1) is 28.7. The highest BCUT2D eigenvalue weighted by Gasteiger charge is 2.35. The fraction of sp³-hybridized carbons (Fsp3) is 0.370. The van der Waals surface area contributed by atoms with Crippen molar-refractivity contribution in [2.75, 3.05) is 38.3 Å². The van der Waals surface area contributed by atoms with Crippen molar-refractivity contribution in [2.24, 2.45) is 5.92 Å². The van der Waals surface area contributed by atoms with Crippen molar-refractivity contribution in [3.8, 4) is 16.3 Å². The molecule has 2 N–H and O–H groups in total. The molecule has 0 fully saturated rings. The predicted octanol–water partition coefficient (Wildman–Crippen LogP) is 3.17. The SMILES string of the molecule is C[C@@H]1CN([C@@H](C)CO)C(=O)c2cccc(NC(=O)c3ccc(-c4nccs4)cc3)c2O[C@H]1CN(C)S(C)(=O)=O. The number of likely N-dealkylation sites (N-methyl/N-ethyl adjacent to an activating group) is 1. The third kappa shape index (κ3) is 6.47. The zero-order valence-electron chi connectivity index (χ0n) is 22.2. The molecule has 0 unspecified atom stereocenters. The number of rotatable bonds is 8. The van der Waals surface area contributed by atoms with Crippen molar-refractivity contribution in [3.05, 3.63) is 65.2 Å². The molecule has 0 spiro atoms. The summed E-state index contributed by atoms with van der Waals surface area (Å²) in [6.07, 6.45) is 2.19. The topological polar surface area (TPSA) is 129 Å². The number of anilines is 1. The van der Waals surface area contributed by atoms with Gasteiger partial charge in [-0.1, -0.05) is 25.1 Å². The number of aliphatic hydroxyl groups excluding tert-OH is 1. The van der Waals surface area contributed by atoms with Gasteiger partial charge in [-0.3, -0.25) is 9.59 Å². The van der Waals surface area contributed by atoms with Crippen LogP contribution in [0.25, 0.3) is 10.6 Å². The number of hydrogen-bond acceptors (Lipinski definition) is 8. The van der Waals surface area contributed by atoms with E-state index in [-0.39, 0.29) is 48.5 Å². The fourth-order valence-corrected chi connectivity index (χ4v) is 5.34. The van der Waals surface area contributed by atoms with Crippen molar-refractivity contribution < 1.29 is 27.9 Å². The molecule has 12 heteroatoms. The molecule has 1 aromatic heterocycles. The van der Waals surface area contributed by atoms with E-state index in [4.69, 9.17) is 4.74 Å². The van der Waals surface area contributed by atoms with E-state index in [0.717, 1.165) is 16.8 Å². The summed E-state index contributed by atoms with van der Waals surface area (Å²) in [4.78, 5) is 32.6. The van der Waals surface area contributed by atoms with Crippen LogP contribution in [0.4, 0.5) is 5.69 Å². The minimum Gasteiger partial charge on any atom is -0.486 e. The minimum absolute atomic E-state index is 0.0372. The molecule has 0 aliphatic carbocycles. The molecule has 1 aliphatic rings. The minimum atomic E-state index is -3.50. The molecule has 0 saturated heterocycles. The fourth-order valence-electron chi connectivity index (χ4n) is 4.27. The summed E-state index contributed by atoms with van der Waals surface area (Å²) in [7, 11) is -2.03. The summed E-state index contributed by atoms with van der Waals surface area (Å²) in [6, 6.07) is 11.4. The number of aromatic nitrogens is 1. The van der Waals surface area contributed by atoms with E-state index in [2.05, 4.69) is 10.3 Å². The third-order valence-corrected chi connectivity index (χ3v) is 8.87. The maximum Gasteiger partial charge on any atom is 0.258 e. The van der Waals surface area contributed by atoms with Crippen molar-refractivity contribution in [1.82, 2.24) is 14.2 Å². The molecule has 10 nitrogen and oxygen atoms in total. The quantitative estimate of drug-likeness (QED) is 0.424. The van der Waals surface area contributed by atoms with Crippen molar-refractivity contribution in [3.63, 3.8) is 0 Å². The molecule has 2 aromatic carbocycles. The Hall–Kier alpha value is -3.32. The van der Waals surface area contributed by atoms with Crippen LogP contribution in [0, 0.1) is 5.92 Å². The van der Waals surface area contributed by atoms with E-state index >= 15 is 0 Å². The highest BCUT2D eigenvalue weighted by molar-refractivity contribution is 7.88. The number of amides is 2. The number of aliphatic hydroxyl groups is 1. The molecule has 3 aromatic rings. The van der Waals surface area contributed by atoms with Gasteiger partial charge in [-0.2, -0.15) is 0 Å². The van der Waals surface area contributed by atoms with Crippen LogP contribution in [0.5, 0.6) is 5.75 Å². The first-order valence-corrected chi connectivity index (χ1v) is 15.2. The number of nitrogens with zero attached hydrogens (tertiary/aromatic N) is 3. The number of hydrogen-bond donors (Lipinski definition) is 2. The van der Waals surface area contributed by atoms with Crippen LogP contribution in [0.3, 0.4) is 0 Å². The lowest BCUT2D eigenvalue weighted by Crippen LogP contribution is -2.50. The summed E-state index contributed by atoms with van der Waals surface area (Å²) < 4.78 is 31.9. The average molecular weight is 573 g/mol. The smallest absolute Gasteiger partial charge is 0.258 e. The molecule has 39 heavy (non-hydrogen) atoms. The van der Waals surface area contributed by atoms with Gasteiger partial charge in [0, 0.05) is 42.2 Å². The molecule has 0 bridgehead atoms. The molecule has 2 amide bonds. The number of carbonyl (C=O) groups excluding carboxylic acids is 2. The maximum absolute atomic E-state index is 13.6. The number of thiazole rings is 1. The van der Waals surface area contributed by atoms with Crippen LogP contribution in [0.2, 0.25) is 0 Å². The Kier molecular flexibility index (Phi) is 8.70. The lowest BCUT2D eigenvalue weighted by Gasteiger charge is -2.38. The Labute approximate surface area is 232 Å². The van der Waals surface area contributed by atoms with Crippen LogP contribution >= 0.6 is 11.3 Å². The lowest BCUT2D eigenvalue weighted by atomic mass is 9.99. The van der Waals surface area contributed by atoms with Crippen LogP contribution in [0.1, 0.15) is 34.6 Å². The molecule has 0 radical (unpaired) electrons. The zero-order valence-corrected chi connectivity index (χ0v) is 23.8. The molecule has 1 aliphatic heterocycles. The van der Waals surface area contributed by atoms with Gasteiger partial charge in [0.05, 0.1) is 36.7 Å². The maximum atomic E-state index is 13.6. The largest absolute Gasteiger partial charge is 0.486 e. The molecular weight excluding hydrogens is 540 g/mol. The van der Waals surface area contributed by atoms with Gasteiger partial charge in [0.25, 0.3) is 11.8 Å². The van der Waals surface area contributed by atoms with Gasteiger partial charge >= 0.3 is 0 Å². The van der Waals surface area contributed by atoms with Crippen molar-refractivity contribution >= 4 is 38.9 Å². The van der Waals surface area contributed by atoms with E-state index in [0.29, 0.717) is 5.56 Å². The summed E-state index contributed by atoms with van der Waals surface area (Å²) in [5, 5.41) is 15.4. The van der Waals surface area contributed by atoms with Crippen molar-refractivity contribution in [1.29, 1.82) is 0 Å². The summed E-state index contributed by atoms with van der Waals surface area (Å²) in [5.41, 5.74) is 1.80. The Morgan fingerprint density at radius 2 is 2.00 bits per heavy atom. The second-order valence-electron chi connectivity index (χ2n) is 9.72. The molecule has 2 heterocycles. The van der Waals surface area contributed by atoms with Gasteiger partial charge in [0.15, 0.2) is 5.75 Å². The second-order valence-corrected chi connectivity index (χ2v) is 12.7. The predicted molar refractivity (Wildman–Crippen MR) is 151 cm³/mol. The second kappa shape index (κ2) is 11.8. The van der Waals surface area contributed by atoms with E-state index in [9.17, 15) is 23.1 Å². The van der Waals surface area contributed by atoms with E-state index < -0.39 is 28.1 Å². The normalized spacial score (nSPS) is 18.6. The van der Waals surface area contributed by atoms with E-state index in [1.54, 1.807) is 48.4 Å². The van der Waals surface area contributed by atoms with Crippen LogP contribution in [-0.2, 0) is 10.0 Å². The Balaban J connectivity index is 1.69. The number of carbonyl (C=O) groups is 2. The molecule has 3 atom stereocenters. The average Bonchev–Trinajstić information content (AvgIpc) is 3.45. The molecule has 208 valence electrons. The lowest BCUT2D eigenvalue weighted by molar-refractivity contribution is 0.0389. The molecular formula is C27H32N4O6S2. The Morgan fingerprint density at radius 1 is 1.28 bits per heavy atom. The van der Waals surface area contributed by atoms with Gasteiger partial charge in [0.1, 0.15) is 11.1 Å². The highest BCUT2D eigenvalue weighted by Crippen LogP contribution is 2.35. The van der Waals surface area contributed by atoms with Crippen LogP contribution < -0.4 is 10.1 Å². The Bertz CT molecular complexity index is 1430. The number of ether oxygens (including phenoxy) is 1. The number of sulfonamides is 1.